The van der Waals surface area contributed by atoms with Gasteiger partial charge in [-0.15, -0.1) is 0 Å². The molecule has 0 N–H and O–H groups in total. The van der Waals surface area contributed by atoms with Gasteiger partial charge in [-0.1, -0.05) is 35.9 Å². The molecule has 0 spiro atoms. The zero-order valence-electron chi connectivity index (χ0n) is 7.37. The highest BCUT2D eigenvalue weighted by atomic mass is 35.5. The van der Waals surface area contributed by atoms with Crippen LogP contribution < -0.4 is 0 Å². The fraction of sp³-hybridized carbons (Fsp3) is 0.182. The van der Waals surface area contributed by atoms with Gasteiger partial charge in [0.1, 0.15) is 0 Å². The zero-order chi connectivity index (χ0) is 9.52. The molecular weight excluding hydrogens is 184 g/mol. The Balaban J connectivity index is 2.44. The maximum absolute atomic E-state index is 5.74. The minimum Gasteiger partial charge on any atom is -0.379 e. The lowest BCUT2D eigenvalue weighted by molar-refractivity contribution is 0.249. The van der Waals surface area contributed by atoms with Gasteiger partial charge in [-0.3, -0.25) is 0 Å². The van der Waals surface area contributed by atoms with Crippen molar-refractivity contribution in [3.8, 4) is 0 Å². The molecule has 2 heteroatoms. The second kappa shape index (κ2) is 5.79. The van der Waals surface area contributed by atoms with Crippen LogP contribution in [-0.4, -0.2) is 6.61 Å². The van der Waals surface area contributed by atoms with Crippen molar-refractivity contribution in [3.05, 3.63) is 48.0 Å². The molecule has 1 radical (unpaired) electrons. The molecule has 0 aromatic heterocycles. The lowest BCUT2D eigenvalue weighted by Gasteiger charge is -1.93. The zero-order valence-corrected chi connectivity index (χ0v) is 8.13. The van der Waals surface area contributed by atoms with E-state index >= 15 is 0 Å². The maximum atomic E-state index is 5.74. The van der Waals surface area contributed by atoms with E-state index in [9.17, 15) is 0 Å². The van der Waals surface area contributed by atoms with Crippen LogP contribution in [0.5, 0.6) is 0 Å². The minimum atomic E-state index is 0.657. The standard InChI is InChI=1S/C11H12ClO/c1-13-9-3-2-4-10-5-7-11(12)8-6-10/h2,4-8H,1,3,9H2/b4-2+. The van der Waals surface area contributed by atoms with E-state index in [1.54, 1.807) is 0 Å². The molecule has 1 aromatic rings. The average Bonchev–Trinajstić information content (AvgIpc) is 2.15. The lowest BCUT2D eigenvalue weighted by Crippen LogP contribution is -1.81. The molecule has 0 saturated carbocycles. The Bertz CT molecular complexity index is 264. The van der Waals surface area contributed by atoms with Crippen molar-refractivity contribution in [1.29, 1.82) is 0 Å². The molecule has 0 unspecified atom stereocenters. The Morgan fingerprint density at radius 1 is 1.31 bits per heavy atom. The second-order valence-corrected chi connectivity index (χ2v) is 3.09. The summed E-state index contributed by atoms with van der Waals surface area (Å²) in [5.41, 5.74) is 1.15. The van der Waals surface area contributed by atoms with Crippen LogP contribution in [0.4, 0.5) is 0 Å². The van der Waals surface area contributed by atoms with Crippen molar-refractivity contribution in [2.45, 2.75) is 6.42 Å². The van der Waals surface area contributed by atoms with Crippen molar-refractivity contribution in [2.75, 3.05) is 6.61 Å². The molecule has 0 bridgehead atoms. The quantitative estimate of drug-likeness (QED) is 0.668. The van der Waals surface area contributed by atoms with Gasteiger partial charge in [-0.05, 0) is 24.1 Å². The Morgan fingerprint density at radius 2 is 2.00 bits per heavy atom. The van der Waals surface area contributed by atoms with Crippen LogP contribution in [0.3, 0.4) is 0 Å². The molecular formula is C11H12ClO. The molecule has 0 atom stereocenters. The summed E-state index contributed by atoms with van der Waals surface area (Å²) in [6.45, 7) is 0.657. The van der Waals surface area contributed by atoms with E-state index in [1.807, 2.05) is 30.3 Å². The predicted octanol–water partition coefficient (Wildman–Crippen LogP) is 3.55. The van der Waals surface area contributed by atoms with Gasteiger partial charge < -0.3 is 4.74 Å². The van der Waals surface area contributed by atoms with Crippen LogP contribution in [0.1, 0.15) is 12.0 Å². The molecule has 0 fully saturated rings. The van der Waals surface area contributed by atoms with Crippen LogP contribution in [0.2, 0.25) is 5.02 Å². The Hall–Kier alpha value is -0.790. The molecule has 0 aliphatic carbocycles. The molecule has 0 amide bonds. The van der Waals surface area contributed by atoms with E-state index in [2.05, 4.69) is 17.9 Å². The molecule has 0 aliphatic rings. The van der Waals surface area contributed by atoms with E-state index in [0.717, 1.165) is 17.0 Å². The largest absolute Gasteiger partial charge is 0.379 e. The summed E-state index contributed by atoms with van der Waals surface area (Å²) in [5, 5.41) is 0.762. The molecule has 69 valence electrons. The van der Waals surface area contributed by atoms with Gasteiger partial charge in [0.05, 0.1) is 13.7 Å². The highest BCUT2D eigenvalue weighted by Crippen LogP contribution is 2.10. The Morgan fingerprint density at radius 3 is 2.62 bits per heavy atom. The van der Waals surface area contributed by atoms with Crippen LogP contribution >= 0.6 is 11.6 Å². The summed E-state index contributed by atoms with van der Waals surface area (Å²) >= 11 is 5.74. The topological polar surface area (TPSA) is 9.23 Å². The third kappa shape index (κ3) is 4.11. The van der Waals surface area contributed by atoms with Gasteiger partial charge >= 0.3 is 0 Å². The van der Waals surface area contributed by atoms with E-state index in [-0.39, 0.29) is 0 Å². The van der Waals surface area contributed by atoms with Crippen LogP contribution in [0, 0.1) is 7.11 Å². The minimum absolute atomic E-state index is 0.657. The van der Waals surface area contributed by atoms with Crippen LogP contribution in [0.15, 0.2) is 30.3 Å². The van der Waals surface area contributed by atoms with Gasteiger partial charge in [0.25, 0.3) is 0 Å². The normalized spacial score (nSPS) is 10.9. The van der Waals surface area contributed by atoms with E-state index in [4.69, 9.17) is 11.6 Å². The molecule has 0 heterocycles. The van der Waals surface area contributed by atoms with E-state index in [0.29, 0.717) is 6.61 Å². The van der Waals surface area contributed by atoms with Crippen molar-refractivity contribution in [2.24, 2.45) is 0 Å². The summed E-state index contributed by atoms with van der Waals surface area (Å²) in [6.07, 6.45) is 4.97. The van der Waals surface area contributed by atoms with Crippen molar-refractivity contribution in [3.63, 3.8) is 0 Å². The Kier molecular flexibility index (Phi) is 4.58. The van der Waals surface area contributed by atoms with E-state index in [1.165, 1.54) is 0 Å². The van der Waals surface area contributed by atoms with Crippen molar-refractivity contribution < 1.29 is 4.74 Å². The van der Waals surface area contributed by atoms with Crippen molar-refractivity contribution in [1.82, 2.24) is 0 Å². The lowest BCUT2D eigenvalue weighted by atomic mass is 10.2. The van der Waals surface area contributed by atoms with Gasteiger partial charge in [0.2, 0.25) is 0 Å². The first-order valence-electron chi connectivity index (χ1n) is 4.12. The van der Waals surface area contributed by atoms with Crippen LogP contribution in [0.25, 0.3) is 6.08 Å². The molecule has 0 aliphatic heterocycles. The number of ether oxygens (including phenoxy) is 1. The van der Waals surface area contributed by atoms with Crippen molar-refractivity contribution >= 4 is 17.7 Å². The highest BCUT2D eigenvalue weighted by molar-refractivity contribution is 6.30. The van der Waals surface area contributed by atoms with Gasteiger partial charge in [0.15, 0.2) is 0 Å². The summed E-state index contributed by atoms with van der Waals surface area (Å²) in [5.74, 6) is 0. The molecule has 1 rings (SSSR count). The van der Waals surface area contributed by atoms with E-state index < -0.39 is 0 Å². The third-order valence-electron chi connectivity index (χ3n) is 1.61. The van der Waals surface area contributed by atoms with Crippen LogP contribution in [-0.2, 0) is 4.74 Å². The summed E-state index contributed by atoms with van der Waals surface area (Å²) < 4.78 is 4.68. The number of benzene rings is 1. The first kappa shape index (κ1) is 10.3. The number of hydrogen-bond acceptors (Lipinski definition) is 1. The van der Waals surface area contributed by atoms with Gasteiger partial charge in [0, 0.05) is 5.02 Å². The first-order valence-corrected chi connectivity index (χ1v) is 4.50. The highest BCUT2D eigenvalue weighted by Gasteiger charge is 1.86. The number of halogens is 1. The second-order valence-electron chi connectivity index (χ2n) is 2.65. The molecule has 0 saturated heterocycles. The fourth-order valence-electron chi connectivity index (χ4n) is 0.945. The van der Waals surface area contributed by atoms with Gasteiger partial charge in [-0.25, -0.2) is 0 Å². The van der Waals surface area contributed by atoms with Gasteiger partial charge in [-0.2, -0.15) is 0 Å². The summed E-state index contributed by atoms with van der Waals surface area (Å²) in [7, 11) is 3.29. The molecule has 1 aromatic carbocycles. The number of rotatable bonds is 4. The summed E-state index contributed by atoms with van der Waals surface area (Å²) in [6, 6.07) is 7.70. The SMILES string of the molecule is [CH2]OCC/C=C/c1ccc(Cl)cc1. The molecule has 13 heavy (non-hydrogen) atoms. The smallest absolute Gasteiger partial charge is 0.0700 e. The first-order chi connectivity index (χ1) is 6.33. The third-order valence-corrected chi connectivity index (χ3v) is 1.86. The average molecular weight is 196 g/mol. The maximum Gasteiger partial charge on any atom is 0.0700 e. The number of hydrogen-bond donors (Lipinski definition) is 0. The predicted molar refractivity (Wildman–Crippen MR) is 56.4 cm³/mol. The fourth-order valence-corrected chi connectivity index (χ4v) is 1.07. The Labute approximate surface area is 84.0 Å². The monoisotopic (exact) mass is 195 g/mol. The molecule has 1 nitrogen and oxygen atoms in total. The summed E-state index contributed by atoms with van der Waals surface area (Å²) in [4.78, 5) is 0.